The normalized spacial score (nSPS) is 24.2. The summed E-state index contributed by atoms with van der Waals surface area (Å²) in [5.41, 5.74) is -0.170. The van der Waals surface area contributed by atoms with Crippen LogP contribution in [0, 0.1) is 5.92 Å². The van der Waals surface area contributed by atoms with Gasteiger partial charge in [-0.1, -0.05) is 11.8 Å². The second kappa shape index (κ2) is 7.75. The van der Waals surface area contributed by atoms with Gasteiger partial charge in [-0.25, -0.2) is 4.98 Å². The number of carbonyl (C=O) groups excluding carboxylic acids is 1. The number of rotatable bonds is 4. The summed E-state index contributed by atoms with van der Waals surface area (Å²) in [7, 11) is 0. The highest BCUT2D eigenvalue weighted by atomic mass is 32.2. The third-order valence-corrected chi connectivity index (χ3v) is 6.31. The fourth-order valence-electron chi connectivity index (χ4n) is 3.82. The first-order valence-electron chi connectivity index (χ1n) is 9.23. The zero-order valence-corrected chi connectivity index (χ0v) is 15.9. The minimum atomic E-state index is -4.39. The number of alkyl halides is 3. The Morgan fingerprint density at radius 3 is 2.46 bits per heavy atom. The second-order valence-corrected chi connectivity index (χ2v) is 8.32. The fraction of sp³-hybridized carbons (Fsp3) is 0.400. The molecule has 0 unspecified atom stereocenters. The Labute approximate surface area is 165 Å². The first kappa shape index (κ1) is 19.3. The monoisotopic (exact) mass is 407 g/mol. The summed E-state index contributed by atoms with van der Waals surface area (Å²) < 4.78 is 38.4. The molecule has 5 rings (SSSR count). The van der Waals surface area contributed by atoms with E-state index in [2.05, 4.69) is 15.2 Å². The molecule has 28 heavy (non-hydrogen) atoms. The van der Waals surface area contributed by atoms with E-state index in [0.717, 1.165) is 67.5 Å². The molecule has 0 aliphatic carbocycles. The highest BCUT2D eigenvalue weighted by Crippen LogP contribution is 2.33. The molecule has 0 radical (unpaired) electrons. The SMILES string of the molecule is O=C(N[C@H]1CN2CCC1CC2)c1ccc(Sc2cc(C(F)(F)F)ccn2)cc1. The van der Waals surface area contributed by atoms with Crippen LogP contribution in [0.2, 0.25) is 0 Å². The van der Waals surface area contributed by atoms with E-state index >= 15 is 0 Å². The average Bonchev–Trinajstić information content (AvgIpc) is 2.69. The van der Waals surface area contributed by atoms with Crippen molar-refractivity contribution in [2.75, 3.05) is 19.6 Å². The maximum absolute atomic E-state index is 12.8. The summed E-state index contributed by atoms with van der Waals surface area (Å²) in [4.78, 5) is 19.6. The molecule has 8 heteroatoms. The molecular weight excluding hydrogens is 387 g/mol. The Morgan fingerprint density at radius 2 is 1.86 bits per heavy atom. The lowest BCUT2D eigenvalue weighted by Gasteiger charge is -2.44. The quantitative estimate of drug-likeness (QED) is 0.830. The highest BCUT2D eigenvalue weighted by Gasteiger charge is 2.35. The van der Waals surface area contributed by atoms with Crippen LogP contribution in [0.1, 0.15) is 28.8 Å². The van der Waals surface area contributed by atoms with Gasteiger partial charge in [-0.05, 0) is 68.2 Å². The third-order valence-electron chi connectivity index (χ3n) is 5.37. The molecule has 2 bridgehead atoms. The molecule has 1 aromatic heterocycles. The molecule has 1 aromatic carbocycles. The van der Waals surface area contributed by atoms with Gasteiger partial charge in [0.25, 0.3) is 5.91 Å². The number of nitrogens with zero attached hydrogens (tertiary/aromatic N) is 2. The first-order chi connectivity index (χ1) is 13.4. The molecular formula is C20H20F3N3OS. The van der Waals surface area contributed by atoms with Crippen LogP contribution in [0.25, 0.3) is 0 Å². The van der Waals surface area contributed by atoms with Crippen LogP contribution in [0.15, 0.2) is 52.5 Å². The smallest absolute Gasteiger partial charge is 0.348 e. The van der Waals surface area contributed by atoms with Gasteiger partial charge < -0.3 is 10.2 Å². The summed E-state index contributed by atoms with van der Waals surface area (Å²) in [6.45, 7) is 3.14. The van der Waals surface area contributed by atoms with Crippen LogP contribution in [-0.4, -0.2) is 41.5 Å². The van der Waals surface area contributed by atoms with Crippen molar-refractivity contribution in [3.63, 3.8) is 0 Å². The summed E-state index contributed by atoms with van der Waals surface area (Å²) in [6.07, 6.45) is -0.981. The number of amides is 1. The fourth-order valence-corrected chi connectivity index (χ4v) is 4.63. The number of halogens is 3. The Kier molecular flexibility index (Phi) is 5.33. The number of piperidine rings is 3. The molecule has 0 spiro atoms. The zero-order chi connectivity index (χ0) is 19.7. The highest BCUT2D eigenvalue weighted by molar-refractivity contribution is 7.99. The molecule has 1 N–H and O–H groups in total. The van der Waals surface area contributed by atoms with Gasteiger partial charge in [0.1, 0.15) is 5.03 Å². The molecule has 3 saturated heterocycles. The zero-order valence-electron chi connectivity index (χ0n) is 15.1. The lowest BCUT2D eigenvalue weighted by Crippen LogP contribution is -2.57. The molecule has 3 aliphatic heterocycles. The number of fused-ring (bicyclic) bond motifs is 3. The Morgan fingerprint density at radius 1 is 1.14 bits per heavy atom. The average molecular weight is 407 g/mol. The minimum absolute atomic E-state index is 0.104. The van der Waals surface area contributed by atoms with E-state index in [1.165, 1.54) is 0 Å². The Balaban J connectivity index is 1.39. The first-order valence-corrected chi connectivity index (χ1v) is 10.0. The largest absolute Gasteiger partial charge is 0.416 e. The van der Waals surface area contributed by atoms with Crippen LogP contribution in [-0.2, 0) is 6.18 Å². The van der Waals surface area contributed by atoms with Gasteiger partial charge >= 0.3 is 6.18 Å². The van der Waals surface area contributed by atoms with Crippen molar-refractivity contribution in [1.29, 1.82) is 0 Å². The molecule has 3 fully saturated rings. The third kappa shape index (κ3) is 4.33. The molecule has 0 saturated carbocycles. The van der Waals surface area contributed by atoms with Crippen LogP contribution >= 0.6 is 11.8 Å². The summed E-state index contributed by atoms with van der Waals surface area (Å²) in [5.74, 6) is 0.447. The van der Waals surface area contributed by atoms with Gasteiger partial charge in [-0.3, -0.25) is 4.79 Å². The molecule has 3 aliphatic rings. The molecule has 2 aromatic rings. The van der Waals surface area contributed by atoms with Crippen LogP contribution < -0.4 is 5.32 Å². The molecule has 1 amide bonds. The van der Waals surface area contributed by atoms with Gasteiger partial charge in [-0.15, -0.1) is 0 Å². The Hall–Kier alpha value is -2.06. The number of benzene rings is 1. The van der Waals surface area contributed by atoms with E-state index in [1.807, 2.05) is 0 Å². The van der Waals surface area contributed by atoms with E-state index < -0.39 is 11.7 Å². The molecule has 1 atom stereocenters. The van der Waals surface area contributed by atoms with Gasteiger partial charge in [0, 0.05) is 29.2 Å². The predicted molar refractivity (Wildman–Crippen MR) is 100 cm³/mol. The molecule has 4 heterocycles. The number of pyridine rings is 1. The lowest BCUT2D eigenvalue weighted by molar-refractivity contribution is -0.137. The topological polar surface area (TPSA) is 45.2 Å². The number of carbonyl (C=O) groups is 1. The van der Waals surface area contributed by atoms with Crippen molar-refractivity contribution in [3.8, 4) is 0 Å². The van der Waals surface area contributed by atoms with Crippen molar-refractivity contribution in [2.45, 2.75) is 35.0 Å². The lowest BCUT2D eigenvalue weighted by atomic mass is 9.84. The van der Waals surface area contributed by atoms with Gasteiger partial charge in [-0.2, -0.15) is 13.2 Å². The van der Waals surface area contributed by atoms with E-state index in [0.29, 0.717) is 11.5 Å². The maximum Gasteiger partial charge on any atom is 0.416 e. The van der Waals surface area contributed by atoms with Crippen LogP contribution in [0.4, 0.5) is 13.2 Å². The van der Waals surface area contributed by atoms with E-state index in [-0.39, 0.29) is 17.0 Å². The van der Waals surface area contributed by atoms with Crippen molar-refractivity contribution in [1.82, 2.24) is 15.2 Å². The van der Waals surface area contributed by atoms with Gasteiger partial charge in [0.05, 0.1) is 5.56 Å². The van der Waals surface area contributed by atoms with Crippen molar-refractivity contribution in [2.24, 2.45) is 5.92 Å². The molecule has 148 valence electrons. The maximum atomic E-state index is 12.8. The predicted octanol–water partition coefficient (Wildman–Crippen LogP) is 4.08. The van der Waals surface area contributed by atoms with Crippen LogP contribution in [0.5, 0.6) is 0 Å². The number of nitrogens with one attached hydrogen (secondary N) is 1. The van der Waals surface area contributed by atoms with E-state index in [4.69, 9.17) is 0 Å². The van der Waals surface area contributed by atoms with E-state index in [9.17, 15) is 18.0 Å². The number of aromatic nitrogens is 1. The van der Waals surface area contributed by atoms with Crippen LogP contribution in [0.3, 0.4) is 0 Å². The number of hydrogen-bond acceptors (Lipinski definition) is 4. The molecule has 4 nitrogen and oxygen atoms in total. The van der Waals surface area contributed by atoms with E-state index in [1.54, 1.807) is 24.3 Å². The Bertz CT molecular complexity index is 849. The van der Waals surface area contributed by atoms with Gasteiger partial charge in [0.15, 0.2) is 0 Å². The summed E-state index contributed by atoms with van der Waals surface area (Å²) >= 11 is 1.13. The van der Waals surface area contributed by atoms with Gasteiger partial charge in [0.2, 0.25) is 0 Å². The number of hydrogen-bond donors (Lipinski definition) is 1. The minimum Gasteiger partial charge on any atom is -0.348 e. The summed E-state index contributed by atoms with van der Waals surface area (Å²) in [6, 6.07) is 9.04. The van der Waals surface area contributed by atoms with Crippen molar-refractivity contribution < 1.29 is 18.0 Å². The second-order valence-electron chi connectivity index (χ2n) is 7.22. The summed E-state index contributed by atoms with van der Waals surface area (Å²) in [5, 5.41) is 3.40. The van der Waals surface area contributed by atoms with Crippen molar-refractivity contribution >= 4 is 17.7 Å². The van der Waals surface area contributed by atoms with Crippen molar-refractivity contribution in [3.05, 3.63) is 53.7 Å². The standard InChI is InChI=1S/C20H20F3N3OS/c21-20(22,23)15-5-8-24-18(11-15)28-16-3-1-14(2-4-16)19(27)25-17-12-26-9-6-13(17)7-10-26/h1-5,8,11,13,17H,6-7,9-10,12H2,(H,25,27)/t17-/m0/s1.